The molecule has 2 N–H and O–H groups in total. The van der Waals surface area contributed by atoms with Crippen molar-refractivity contribution in [2.24, 2.45) is 0 Å². The van der Waals surface area contributed by atoms with Crippen LogP contribution in [0, 0.1) is 11.6 Å². The van der Waals surface area contributed by atoms with Crippen LogP contribution in [0.4, 0.5) is 8.78 Å². The second-order valence-electron chi connectivity index (χ2n) is 5.02. The van der Waals surface area contributed by atoms with E-state index in [-0.39, 0.29) is 12.0 Å². The Morgan fingerprint density at radius 1 is 1.26 bits per heavy atom. The lowest BCUT2D eigenvalue weighted by atomic mass is 9.79. The molecule has 0 spiro atoms. The van der Waals surface area contributed by atoms with E-state index >= 15 is 0 Å². The molecule has 0 fully saturated rings. The van der Waals surface area contributed by atoms with Crippen LogP contribution in [0.15, 0.2) is 18.2 Å². The molecule has 19 heavy (non-hydrogen) atoms. The minimum absolute atomic E-state index is 0.255. The fourth-order valence-corrected chi connectivity index (χ4v) is 2.58. The molecule has 106 valence electrons. The van der Waals surface area contributed by atoms with Gasteiger partial charge in [0, 0.05) is 17.4 Å². The molecular weight excluding hydrogens is 277 g/mol. The predicted octanol–water partition coefficient (Wildman–Crippen LogP) is 2.38. The Kier molecular flexibility index (Phi) is 4.61. The zero-order chi connectivity index (χ0) is 14.8. The van der Waals surface area contributed by atoms with Crippen molar-refractivity contribution in [1.29, 1.82) is 0 Å². The standard InChI is InChI=1S/C12H15F2O4P/c1-12(2,6-8(15)7-19(16,17)18)11-9(13)4-3-5-10(11)14/h3-5H,6-7H2,1-2H3,(H2,16,17,18). The molecule has 0 amide bonds. The van der Waals surface area contributed by atoms with E-state index in [1.807, 2.05) is 0 Å². The number of Topliss-reactive ketones (excluding diaryl/α,β-unsaturated/α-hetero) is 1. The fraction of sp³-hybridized carbons (Fsp3) is 0.417. The molecule has 0 saturated heterocycles. The summed E-state index contributed by atoms with van der Waals surface area (Å²) in [5, 5.41) is 0. The molecular formula is C12H15F2O4P. The van der Waals surface area contributed by atoms with Crippen LogP contribution in [0.5, 0.6) is 0 Å². The van der Waals surface area contributed by atoms with Crippen LogP contribution in [0.1, 0.15) is 25.8 Å². The summed E-state index contributed by atoms with van der Waals surface area (Å²) >= 11 is 0. The van der Waals surface area contributed by atoms with Crippen molar-refractivity contribution < 1.29 is 27.9 Å². The molecule has 0 radical (unpaired) electrons. The minimum atomic E-state index is -4.46. The van der Waals surface area contributed by atoms with Crippen molar-refractivity contribution in [1.82, 2.24) is 0 Å². The van der Waals surface area contributed by atoms with Gasteiger partial charge in [-0.2, -0.15) is 0 Å². The van der Waals surface area contributed by atoms with E-state index in [9.17, 15) is 18.1 Å². The van der Waals surface area contributed by atoms with Crippen molar-refractivity contribution in [2.45, 2.75) is 25.7 Å². The van der Waals surface area contributed by atoms with Crippen LogP contribution in [0.2, 0.25) is 0 Å². The molecule has 1 rings (SSSR count). The average Bonchev–Trinajstić information content (AvgIpc) is 2.11. The van der Waals surface area contributed by atoms with Crippen molar-refractivity contribution >= 4 is 13.4 Å². The highest BCUT2D eigenvalue weighted by Crippen LogP contribution is 2.37. The lowest BCUT2D eigenvalue weighted by Gasteiger charge is -2.25. The Bertz CT molecular complexity index is 516. The summed E-state index contributed by atoms with van der Waals surface area (Å²) in [5.74, 6) is -2.30. The Labute approximate surface area is 109 Å². The van der Waals surface area contributed by atoms with Gasteiger partial charge in [-0.05, 0) is 12.1 Å². The smallest absolute Gasteiger partial charge is 0.324 e. The third-order valence-electron chi connectivity index (χ3n) is 2.66. The Morgan fingerprint density at radius 3 is 2.16 bits per heavy atom. The Morgan fingerprint density at radius 2 is 1.74 bits per heavy atom. The van der Waals surface area contributed by atoms with Gasteiger partial charge in [0.15, 0.2) is 0 Å². The van der Waals surface area contributed by atoms with Gasteiger partial charge in [0.25, 0.3) is 0 Å². The van der Waals surface area contributed by atoms with Crippen LogP contribution in [-0.2, 0) is 14.8 Å². The molecule has 0 aliphatic heterocycles. The number of hydrogen-bond acceptors (Lipinski definition) is 2. The van der Waals surface area contributed by atoms with Gasteiger partial charge >= 0.3 is 7.60 Å². The zero-order valence-electron chi connectivity index (χ0n) is 10.6. The Hall–Kier alpha value is -1.10. The molecule has 0 saturated carbocycles. The number of hydrogen-bond donors (Lipinski definition) is 2. The van der Waals surface area contributed by atoms with Gasteiger partial charge in [-0.3, -0.25) is 9.36 Å². The van der Waals surface area contributed by atoms with E-state index in [1.54, 1.807) is 0 Å². The summed E-state index contributed by atoms with van der Waals surface area (Å²) in [6, 6.07) is 3.36. The number of carbonyl (C=O) groups excluding carboxylic acids is 1. The molecule has 4 nitrogen and oxygen atoms in total. The summed E-state index contributed by atoms with van der Waals surface area (Å²) in [5.41, 5.74) is -1.43. The number of rotatable bonds is 5. The zero-order valence-corrected chi connectivity index (χ0v) is 11.5. The van der Waals surface area contributed by atoms with Crippen molar-refractivity contribution in [3.05, 3.63) is 35.4 Å². The highest BCUT2D eigenvalue weighted by Gasteiger charge is 2.32. The second-order valence-corrected chi connectivity index (χ2v) is 6.66. The number of benzene rings is 1. The first-order valence-corrected chi connectivity index (χ1v) is 7.33. The summed E-state index contributed by atoms with van der Waals surface area (Å²) < 4.78 is 38.0. The summed E-state index contributed by atoms with van der Waals surface area (Å²) in [7, 11) is -4.46. The molecule has 7 heteroatoms. The van der Waals surface area contributed by atoms with Gasteiger partial charge in [-0.1, -0.05) is 19.9 Å². The summed E-state index contributed by atoms with van der Waals surface area (Å²) in [6.07, 6.45) is -1.28. The highest BCUT2D eigenvalue weighted by atomic mass is 31.2. The largest absolute Gasteiger partial charge is 0.332 e. The van der Waals surface area contributed by atoms with Crippen LogP contribution in [-0.4, -0.2) is 21.7 Å². The van der Waals surface area contributed by atoms with Crippen LogP contribution in [0.25, 0.3) is 0 Å². The van der Waals surface area contributed by atoms with Crippen LogP contribution < -0.4 is 0 Å². The maximum atomic E-state index is 13.6. The molecule has 0 atom stereocenters. The minimum Gasteiger partial charge on any atom is -0.324 e. The first-order valence-electron chi connectivity index (χ1n) is 5.54. The van der Waals surface area contributed by atoms with Crippen molar-refractivity contribution in [3.8, 4) is 0 Å². The quantitative estimate of drug-likeness (QED) is 0.817. The van der Waals surface area contributed by atoms with E-state index < -0.39 is 36.6 Å². The van der Waals surface area contributed by atoms with Gasteiger partial charge in [0.05, 0.1) is 0 Å². The third-order valence-corrected chi connectivity index (χ3v) is 3.43. The second kappa shape index (κ2) is 5.49. The van der Waals surface area contributed by atoms with E-state index in [2.05, 4.69) is 0 Å². The normalized spacial score (nSPS) is 12.5. The lowest BCUT2D eigenvalue weighted by Crippen LogP contribution is -2.26. The molecule has 0 heterocycles. The average molecular weight is 292 g/mol. The van der Waals surface area contributed by atoms with E-state index in [0.717, 1.165) is 12.1 Å². The van der Waals surface area contributed by atoms with E-state index in [0.29, 0.717) is 0 Å². The van der Waals surface area contributed by atoms with Gasteiger partial charge in [-0.25, -0.2) is 8.78 Å². The SMILES string of the molecule is CC(C)(CC(=O)CP(=O)(O)O)c1c(F)cccc1F. The number of carbonyl (C=O) groups is 1. The maximum absolute atomic E-state index is 13.6. The van der Waals surface area contributed by atoms with Gasteiger partial charge in [0.2, 0.25) is 0 Å². The Balaban J connectivity index is 2.99. The molecule has 1 aromatic carbocycles. The molecule has 0 unspecified atom stereocenters. The lowest BCUT2D eigenvalue weighted by molar-refractivity contribution is -0.117. The molecule has 0 aliphatic carbocycles. The number of ketones is 1. The molecule has 0 aliphatic rings. The van der Waals surface area contributed by atoms with Gasteiger partial charge in [-0.15, -0.1) is 0 Å². The number of halogens is 2. The fourth-order valence-electron chi connectivity index (χ4n) is 2.01. The van der Waals surface area contributed by atoms with E-state index in [1.165, 1.54) is 19.9 Å². The van der Waals surface area contributed by atoms with E-state index in [4.69, 9.17) is 9.79 Å². The third kappa shape index (κ3) is 4.49. The molecule has 1 aromatic rings. The summed E-state index contributed by atoms with van der Waals surface area (Å²) in [6.45, 7) is 2.90. The van der Waals surface area contributed by atoms with Gasteiger partial charge in [0.1, 0.15) is 23.6 Å². The van der Waals surface area contributed by atoms with Gasteiger partial charge < -0.3 is 9.79 Å². The van der Waals surface area contributed by atoms with Crippen LogP contribution in [0.3, 0.4) is 0 Å². The topological polar surface area (TPSA) is 74.6 Å². The monoisotopic (exact) mass is 292 g/mol. The molecule has 0 aromatic heterocycles. The molecule has 0 bridgehead atoms. The van der Waals surface area contributed by atoms with Crippen molar-refractivity contribution in [3.63, 3.8) is 0 Å². The predicted molar refractivity (Wildman–Crippen MR) is 65.9 cm³/mol. The van der Waals surface area contributed by atoms with Crippen LogP contribution >= 0.6 is 7.60 Å². The first kappa shape index (κ1) is 16.0. The van der Waals surface area contributed by atoms with Crippen molar-refractivity contribution in [2.75, 3.05) is 6.16 Å². The maximum Gasteiger partial charge on any atom is 0.332 e. The first-order chi connectivity index (χ1) is 8.53. The highest BCUT2D eigenvalue weighted by molar-refractivity contribution is 7.52. The summed E-state index contributed by atoms with van der Waals surface area (Å²) in [4.78, 5) is 28.9.